The van der Waals surface area contributed by atoms with Crippen LogP contribution < -0.4 is 5.32 Å². The van der Waals surface area contributed by atoms with Crippen LogP contribution in [-0.2, 0) is 26.5 Å². The summed E-state index contributed by atoms with van der Waals surface area (Å²) in [7, 11) is 0. The van der Waals surface area contributed by atoms with Gasteiger partial charge in [0, 0.05) is 32.1 Å². The number of nitrogens with zero attached hydrogens (tertiary/aromatic N) is 1. The van der Waals surface area contributed by atoms with Gasteiger partial charge in [-0.1, -0.05) is 79.9 Å². The number of nitrogens with one attached hydrogen (secondary N) is 1. The first-order chi connectivity index (χ1) is 19.6. The van der Waals surface area contributed by atoms with Crippen molar-refractivity contribution >= 4 is 17.7 Å². The van der Waals surface area contributed by atoms with Gasteiger partial charge in [0.2, 0.25) is 0 Å². The average Bonchev–Trinajstić information content (AvgIpc) is 3.45. The van der Waals surface area contributed by atoms with Crippen LogP contribution >= 0.6 is 0 Å². The molecule has 3 fully saturated rings. The van der Waals surface area contributed by atoms with Crippen molar-refractivity contribution < 1.29 is 34.8 Å². The molecule has 0 spiro atoms. The van der Waals surface area contributed by atoms with E-state index in [1.165, 1.54) is 12.0 Å². The van der Waals surface area contributed by atoms with Gasteiger partial charge in [0.05, 0.1) is 0 Å². The second-order valence-corrected chi connectivity index (χ2v) is 11.7. The van der Waals surface area contributed by atoms with Gasteiger partial charge < -0.3 is 25.7 Å². The summed E-state index contributed by atoms with van der Waals surface area (Å²) in [6, 6.07) is 20.2. The van der Waals surface area contributed by atoms with E-state index in [2.05, 4.69) is 40.5 Å². The number of Topliss-reactive ketones (excluding diaryl/α,β-unsaturated/α-hetero) is 1. The fraction of sp³-hybridized carbons (Fsp3) is 0.531. The third kappa shape index (κ3) is 7.40. The number of carboxylic acid groups (broad SMARTS) is 1. The molecule has 3 unspecified atom stereocenters. The molecular formula is C32H42N2O7. The van der Waals surface area contributed by atoms with Gasteiger partial charge in [0.1, 0.15) is 6.10 Å². The summed E-state index contributed by atoms with van der Waals surface area (Å²) in [6.07, 6.45) is 1.39. The Morgan fingerprint density at radius 1 is 0.902 bits per heavy atom. The lowest BCUT2D eigenvalue weighted by atomic mass is 9.73. The number of fused-ring (bicyclic) bond motifs is 1. The molecule has 9 nitrogen and oxygen atoms in total. The Labute approximate surface area is 241 Å². The lowest BCUT2D eigenvalue weighted by molar-refractivity contribution is -0.156. The summed E-state index contributed by atoms with van der Waals surface area (Å²) in [5, 5.41) is 40.0. The smallest absolute Gasteiger partial charge is 0.335 e. The fourth-order valence-corrected chi connectivity index (χ4v) is 6.48. The normalized spacial score (nSPS) is 25.0. The van der Waals surface area contributed by atoms with E-state index < -0.39 is 29.6 Å². The predicted octanol–water partition coefficient (Wildman–Crippen LogP) is 2.33. The molecule has 2 aliphatic carbocycles. The molecule has 1 saturated heterocycles. The van der Waals surface area contributed by atoms with E-state index in [0.29, 0.717) is 24.3 Å². The zero-order valence-corrected chi connectivity index (χ0v) is 23.6. The van der Waals surface area contributed by atoms with Crippen LogP contribution in [0.2, 0.25) is 0 Å². The number of aliphatic carboxylic acids is 1. The van der Waals surface area contributed by atoms with Gasteiger partial charge in [-0.3, -0.25) is 14.5 Å². The van der Waals surface area contributed by atoms with E-state index in [-0.39, 0.29) is 11.8 Å². The number of hydrogen-bond donors (Lipinski definition) is 5. The van der Waals surface area contributed by atoms with Crippen molar-refractivity contribution in [1.29, 1.82) is 0 Å². The van der Waals surface area contributed by atoms with Gasteiger partial charge in [0.15, 0.2) is 17.5 Å². The summed E-state index contributed by atoms with van der Waals surface area (Å²) < 4.78 is 0. The van der Waals surface area contributed by atoms with Crippen LogP contribution in [0.15, 0.2) is 60.7 Å². The number of carboxylic acids is 1. The Kier molecular flexibility index (Phi) is 10.3. The van der Waals surface area contributed by atoms with E-state index >= 15 is 0 Å². The van der Waals surface area contributed by atoms with Crippen LogP contribution in [0, 0.1) is 23.7 Å². The molecule has 41 heavy (non-hydrogen) atoms. The van der Waals surface area contributed by atoms with Gasteiger partial charge in [-0.05, 0) is 48.6 Å². The SMILES string of the molecule is CC(=O)[C@H](O)[C@@H](O)C(=O)O.O=C(NCC1C2CN(Cc3ccccc3)CC12)C(O)(c1ccccc1)C1CCCCC1. The minimum absolute atomic E-state index is 0.00344. The van der Waals surface area contributed by atoms with Crippen molar-refractivity contribution in [2.75, 3.05) is 19.6 Å². The first-order valence-electron chi connectivity index (χ1n) is 14.5. The number of carbonyl (C=O) groups excluding carboxylic acids is 2. The van der Waals surface area contributed by atoms with Crippen LogP contribution in [0.1, 0.15) is 50.2 Å². The van der Waals surface area contributed by atoms with Gasteiger partial charge in [-0.25, -0.2) is 4.79 Å². The molecule has 3 aliphatic rings. The fourth-order valence-electron chi connectivity index (χ4n) is 6.48. The van der Waals surface area contributed by atoms with E-state index in [1.807, 2.05) is 30.3 Å². The number of benzene rings is 2. The number of piperidine rings is 1. The summed E-state index contributed by atoms with van der Waals surface area (Å²) in [4.78, 5) is 36.0. The van der Waals surface area contributed by atoms with E-state index in [1.54, 1.807) is 0 Å². The number of likely N-dealkylation sites (tertiary alicyclic amines) is 1. The van der Waals surface area contributed by atoms with Crippen molar-refractivity contribution in [3.05, 3.63) is 71.8 Å². The molecule has 1 heterocycles. The van der Waals surface area contributed by atoms with Crippen molar-refractivity contribution in [2.24, 2.45) is 23.7 Å². The Morgan fingerprint density at radius 3 is 1.98 bits per heavy atom. The minimum Gasteiger partial charge on any atom is -0.479 e. The maximum Gasteiger partial charge on any atom is 0.335 e. The number of ketones is 1. The van der Waals surface area contributed by atoms with Crippen LogP contribution in [-0.4, -0.2) is 74.8 Å². The number of hydrogen-bond acceptors (Lipinski definition) is 7. The third-order valence-electron chi connectivity index (χ3n) is 8.92. The molecule has 1 amide bonds. The zero-order valence-electron chi connectivity index (χ0n) is 23.6. The standard InChI is InChI=1S/C27H34N2O2.C5H8O5/c30-26(27(31,21-12-6-2-7-13-21)22-14-8-3-9-15-22)28-16-23-24-18-29(19-25(23)24)17-20-10-4-1-5-11-20;1-2(6)3(7)4(8)5(9)10/h1-2,4-7,10-13,22-25,31H,3,8-9,14-19H2,(H,28,30);3-4,7-8H,1H3,(H,9,10)/t;3-,4+/m.0/s1. The van der Waals surface area contributed by atoms with Crippen molar-refractivity contribution in [1.82, 2.24) is 10.2 Å². The molecular weight excluding hydrogens is 524 g/mol. The highest BCUT2D eigenvalue weighted by Crippen LogP contribution is 2.51. The Hall–Kier alpha value is -3.11. The molecule has 5 atom stereocenters. The summed E-state index contributed by atoms with van der Waals surface area (Å²) >= 11 is 0. The maximum absolute atomic E-state index is 13.4. The lowest BCUT2D eigenvalue weighted by Gasteiger charge is -2.37. The minimum atomic E-state index is -2.02. The molecule has 2 aromatic rings. The molecule has 2 saturated carbocycles. The second kappa shape index (κ2) is 13.7. The Morgan fingerprint density at radius 2 is 1.46 bits per heavy atom. The van der Waals surface area contributed by atoms with Crippen LogP contribution in [0.25, 0.3) is 0 Å². The van der Waals surface area contributed by atoms with E-state index in [0.717, 1.165) is 57.8 Å². The molecule has 0 bridgehead atoms. The molecule has 5 rings (SSSR count). The van der Waals surface area contributed by atoms with Crippen molar-refractivity contribution in [3.63, 3.8) is 0 Å². The molecule has 0 radical (unpaired) electrons. The summed E-state index contributed by atoms with van der Waals surface area (Å²) in [6.45, 7) is 4.94. The number of amides is 1. The van der Waals surface area contributed by atoms with E-state index in [9.17, 15) is 19.5 Å². The Balaban J connectivity index is 0.000000334. The van der Waals surface area contributed by atoms with Crippen molar-refractivity contribution in [3.8, 4) is 0 Å². The quantitative estimate of drug-likeness (QED) is 0.294. The van der Waals surface area contributed by atoms with Crippen LogP contribution in [0.5, 0.6) is 0 Å². The molecule has 1 aliphatic heterocycles. The number of rotatable bonds is 10. The number of aliphatic hydroxyl groups is 3. The van der Waals surface area contributed by atoms with Crippen molar-refractivity contribution in [2.45, 2.75) is 63.4 Å². The molecule has 222 valence electrons. The van der Waals surface area contributed by atoms with Crippen LogP contribution in [0.3, 0.4) is 0 Å². The van der Waals surface area contributed by atoms with Crippen LogP contribution in [0.4, 0.5) is 0 Å². The van der Waals surface area contributed by atoms with E-state index in [4.69, 9.17) is 15.3 Å². The first kappa shape index (κ1) is 30.8. The largest absolute Gasteiger partial charge is 0.479 e. The highest BCUT2D eigenvalue weighted by atomic mass is 16.4. The number of aliphatic hydroxyl groups excluding tert-OH is 2. The Bertz CT molecular complexity index is 1140. The van der Waals surface area contributed by atoms with Gasteiger partial charge in [-0.15, -0.1) is 0 Å². The maximum atomic E-state index is 13.4. The predicted molar refractivity (Wildman–Crippen MR) is 152 cm³/mol. The highest BCUT2D eigenvalue weighted by Gasteiger charge is 2.55. The summed E-state index contributed by atoms with van der Waals surface area (Å²) in [5.74, 6) is -0.646. The monoisotopic (exact) mass is 566 g/mol. The molecule has 2 aromatic carbocycles. The molecule has 5 N–H and O–H groups in total. The highest BCUT2D eigenvalue weighted by molar-refractivity contribution is 5.87. The second-order valence-electron chi connectivity index (χ2n) is 11.7. The number of carbonyl (C=O) groups is 3. The lowest BCUT2D eigenvalue weighted by Crippen LogP contribution is -2.50. The summed E-state index contributed by atoms with van der Waals surface area (Å²) in [5.41, 5.74) is 0.698. The topological polar surface area (TPSA) is 147 Å². The third-order valence-corrected chi connectivity index (χ3v) is 8.92. The first-order valence-corrected chi connectivity index (χ1v) is 14.5. The van der Waals surface area contributed by atoms with Gasteiger partial charge >= 0.3 is 5.97 Å². The zero-order chi connectivity index (χ0) is 29.6. The molecule has 0 aromatic heterocycles. The average molecular weight is 567 g/mol. The van der Waals surface area contributed by atoms with Gasteiger partial charge in [0.25, 0.3) is 5.91 Å². The molecule has 9 heteroatoms. The van der Waals surface area contributed by atoms with Gasteiger partial charge in [-0.2, -0.15) is 0 Å².